The van der Waals surface area contributed by atoms with Crippen molar-refractivity contribution in [1.29, 1.82) is 0 Å². The number of rotatable bonds is 6. The van der Waals surface area contributed by atoms with Crippen LogP contribution in [0.1, 0.15) is 29.9 Å². The molecule has 0 spiro atoms. The van der Waals surface area contributed by atoms with Gasteiger partial charge in [0.2, 0.25) is 5.91 Å². The van der Waals surface area contributed by atoms with Crippen molar-refractivity contribution in [3.05, 3.63) is 65.5 Å². The zero-order valence-corrected chi connectivity index (χ0v) is 15.6. The first-order valence-electron chi connectivity index (χ1n) is 8.83. The number of carbonyl (C=O) groups excluding carboxylic acids is 2. The molecule has 144 valence electrons. The smallest absolute Gasteiger partial charge is 0.320 e. The van der Waals surface area contributed by atoms with Gasteiger partial charge in [-0.15, -0.1) is 0 Å². The molecule has 0 aliphatic heterocycles. The predicted octanol–water partition coefficient (Wildman–Crippen LogP) is 2.96. The first-order chi connectivity index (χ1) is 13.5. The molecule has 1 unspecified atom stereocenters. The molecule has 8 nitrogen and oxygen atoms in total. The summed E-state index contributed by atoms with van der Waals surface area (Å²) in [5, 5.41) is 9.23. The first kappa shape index (κ1) is 19.1. The SMILES string of the molecule is CCc1noc(-c2ccc(C)c(NC(=O)NC(C(N)=O)c3ccccc3)c2)n1. The minimum atomic E-state index is -0.937. The van der Waals surface area contributed by atoms with E-state index >= 15 is 0 Å². The van der Waals surface area contributed by atoms with Crippen LogP contribution < -0.4 is 16.4 Å². The van der Waals surface area contributed by atoms with E-state index in [1.54, 1.807) is 30.3 Å². The van der Waals surface area contributed by atoms with Crippen molar-refractivity contribution < 1.29 is 14.1 Å². The van der Waals surface area contributed by atoms with E-state index in [-0.39, 0.29) is 0 Å². The number of nitrogens with one attached hydrogen (secondary N) is 2. The third kappa shape index (κ3) is 4.35. The fraction of sp³-hybridized carbons (Fsp3) is 0.200. The van der Waals surface area contributed by atoms with E-state index in [0.717, 1.165) is 5.56 Å². The summed E-state index contributed by atoms with van der Waals surface area (Å²) in [5.74, 6) is 0.333. The summed E-state index contributed by atoms with van der Waals surface area (Å²) in [5.41, 5.74) is 8.13. The Bertz CT molecular complexity index is 985. The lowest BCUT2D eigenvalue weighted by molar-refractivity contribution is -0.119. The lowest BCUT2D eigenvalue weighted by Gasteiger charge is -2.17. The van der Waals surface area contributed by atoms with Crippen molar-refractivity contribution in [2.75, 3.05) is 5.32 Å². The highest BCUT2D eigenvalue weighted by Gasteiger charge is 2.20. The first-order valence-corrected chi connectivity index (χ1v) is 8.83. The molecule has 0 saturated heterocycles. The molecule has 0 bridgehead atoms. The maximum atomic E-state index is 12.5. The summed E-state index contributed by atoms with van der Waals surface area (Å²) in [6, 6.07) is 12.7. The molecule has 8 heteroatoms. The predicted molar refractivity (Wildman–Crippen MR) is 104 cm³/mol. The van der Waals surface area contributed by atoms with Crippen LogP contribution in [0, 0.1) is 6.92 Å². The number of anilines is 1. The second-order valence-corrected chi connectivity index (χ2v) is 6.24. The lowest BCUT2D eigenvalue weighted by Crippen LogP contribution is -2.39. The fourth-order valence-electron chi connectivity index (χ4n) is 2.66. The van der Waals surface area contributed by atoms with Crippen LogP contribution in [0.5, 0.6) is 0 Å². The van der Waals surface area contributed by atoms with Crippen LogP contribution in [0.3, 0.4) is 0 Å². The minimum absolute atomic E-state index is 0.375. The summed E-state index contributed by atoms with van der Waals surface area (Å²) >= 11 is 0. The van der Waals surface area contributed by atoms with Crippen LogP contribution in [-0.4, -0.2) is 22.1 Å². The van der Waals surface area contributed by atoms with Crippen molar-refractivity contribution in [3.63, 3.8) is 0 Å². The number of carbonyl (C=O) groups is 2. The van der Waals surface area contributed by atoms with Gasteiger partial charge in [0, 0.05) is 17.7 Å². The van der Waals surface area contributed by atoms with Crippen LogP contribution in [0.15, 0.2) is 53.1 Å². The van der Waals surface area contributed by atoms with E-state index in [0.29, 0.717) is 35.0 Å². The van der Waals surface area contributed by atoms with Crippen LogP contribution >= 0.6 is 0 Å². The minimum Gasteiger partial charge on any atom is -0.368 e. The number of aryl methyl sites for hydroxylation is 2. The van der Waals surface area contributed by atoms with Gasteiger partial charge in [-0.05, 0) is 30.2 Å². The van der Waals surface area contributed by atoms with Crippen LogP contribution in [0.2, 0.25) is 0 Å². The van der Waals surface area contributed by atoms with Crippen molar-refractivity contribution in [1.82, 2.24) is 15.5 Å². The Morgan fingerprint density at radius 3 is 2.57 bits per heavy atom. The highest BCUT2D eigenvalue weighted by Crippen LogP contribution is 2.24. The van der Waals surface area contributed by atoms with Gasteiger partial charge in [-0.3, -0.25) is 4.79 Å². The van der Waals surface area contributed by atoms with Gasteiger partial charge in [0.15, 0.2) is 5.82 Å². The summed E-state index contributed by atoms with van der Waals surface area (Å²) in [6.07, 6.45) is 0.664. The number of hydrogen-bond acceptors (Lipinski definition) is 5. The van der Waals surface area contributed by atoms with Gasteiger partial charge < -0.3 is 20.9 Å². The monoisotopic (exact) mass is 379 g/mol. The number of amides is 3. The lowest BCUT2D eigenvalue weighted by atomic mass is 10.1. The molecule has 4 N–H and O–H groups in total. The fourth-order valence-corrected chi connectivity index (χ4v) is 2.66. The molecular weight excluding hydrogens is 358 g/mol. The Balaban J connectivity index is 1.77. The Kier molecular flexibility index (Phi) is 5.69. The van der Waals surface area contributed by atoms with Crippen LogP contribution in [0.4, 0.5) is 10.5 Å². The maximum Gasteiger partial charge on any atom is 0.320 e. The van der Waals surface area contributed by atoms with Crippen molar-refractivity contribution in [2.24, 2.45) is 5.73 Å². The number of nitrogens with zero attached hydrogens (tertiary/aromatic N) is 2. The molecule has 1 heterocycles. The van der Waals surface area contributed by atoms with Crippen molar-refractivity contribution >= 4 is 17.6 Å². The summed E-state index contributed by atoms with van der Waals surface area (Å²) in [7, 11) is 0. The van der Waals surface area contributed by atoms with E-state index in [1.807, 2.05) is 32.0 Å². The largest absolute Gasteiger partial charge is 0.368 e. The van der Waals surface area contributed by atoms with Crippen LogP contribution in [0.25, 0.3) is 11.5 Å². The van der Waals surface area contributed by atoms with Gasteiger partial charge in [-0.1, -0.05) is 48.5 Å². The Hall–Kier alpha value is -3.68. The molecule has 2 aromatic carbocycles. The molecule has 1 aromatic heterocycles. The number of hydrogen-bond donors (Lipinski definition) is 3. The molecule has 0 radical (unpaired) electrons. The molecule has 3 rings (SSSR count). The summed E-state index contributed by atoms with van der Waals surface area (Å²) < 4.78 is 5.24. The molecule has 0 fully saturated rings. The van der Waals surface area contributed by atoms with Crippen LogP contribution in [-0.2, 0) is 11.2 Å². The highest BCUT2D eigenvalue weighted by atomic mass is 16.5. The zero-order chi connectivity index (χ0) is 20.1. The number of benzene rings is 2. The molecule has 1 atom stereocenters. The summed E-state index contributed by atoms with van der Waals surface area (Å²) in [6.45, 7) is 3.79. The average Bonchev–Trinajstić information content (AvgIpc) is 3.17. The van der Waals surface area contributed by atoms with Crippen molar-refractivity contribution in [3.8, 4) is 11.5 Å². The number of aromatic nitrogens is 2. The standard InChI is InChI=1S/C20H21N5O3/c1-3-16-23-19(28-25-16)14-10-9-12(2)15(11-14)22-20(27)24-17(18(21)26)13-7-5-4-6-8-13/h4-11,17H,3H2,1-2H3,(H2,21,26)(H2,22,24,27). The Morgan fingerprint density at radius 1 is 1.18 bits per heavy atom. The Morgan fingerprint density at radius 2 is 1.93 bits per heavy atom. The van der Waals surface area contributed by atoms with Gasteiger partial charge in [-0.25, -0.2) is 4.79 Å². The second-order valence-electron chi connectivity index (χ2n) is 6.24. The Labute approximate surface area is 162 Å². The van der Waals surface area contributed by atoms with Gasteiger partial charge in [0.25, 0.3) is 5.89 Å². The van der Waals surface area contributed by atoms with E-state index in [2.05, 4.69) is 20.8 Å². The van der Waals surface area contributed by atoms with Gasteiger partial charge >= 0.3 is 6.03 Å². The van der Waals surface area contributed by atoms with E-state index in [4.69, 9.17) is 10.3 Å². The van der Waals surface area contributed by atoms with Gasteiger partial charge in [-0.2, -0.15) is 4.98 Å². The average molecular weight is 379 g/mol. The normalized spacial score (nSPS) is 11.6. The molecule has 3 aromatic rings. The van der Waals surface area contributed by atoms with E-state index in [9.17, 15) is 9.59 Å². The molecular formula is C20H21N5O3. The van der Waals surface area contributed by atoms with E-state index < -0.39 is 18.0 Å². The molecule has 0 saturated carbocycles. The second kappa shape index (κ2) is 8.34. The quantitative estimate of drug-likeness (QED) is 0.607. The molecule has 3 amide bonds. The third-order valence-electron chi connectivity index (χ3n) is 4.21. The van der Waals surface area contributed by atoms with Crippen molar-refractivity contribution in [2.45, 2.75) is 26.3 Å². The highest BCUT2D eigenvalue weighted by molar-refractivity contribution is 5.94. The van der Waals surface area contributed by atoms with Gasteiger partial charge in [0.05, 0.1) is 0 Å². The number of primary amides is 1. The molecule has 0 aliphatic carbocycles. The van der Waals surface area contributed by atoms with E-state index in [1.165, 1.54) is 0 Å². The zero-order valence-electron chi connectivity index (χ0n) is 15.6. The number of nitrogens with two attached hydrogens (primary N) is 1. The summed E-state index contributed by atoms with van der Waals surface area (Å²) in [4.78, 5) is 28.5. The molecule has 0 aliphatic rings. The topological polar surface area (TPSA) is 123 Å². The van der Waals surface area contributed by atoms with Gasteiger partial charge in [0.1, 0.15) is 6.04 Å². The maximum absolute atomic E-state index is 12.5. The molecule has 28 heavy (non-hydrogen) atoms. The third-order valence-corrected chi connectivity index (χ3v) is 4.21. The number of urea groups is 1.